The maximum atomic E-state index is 13.1. The molecular formula is C38H51ClN6O6S2. The number of thioether (sulfide) groups is 1. The number of rotatable bonds is 16. The van der Waals surface area contributed by atoms with Crippen LogP contribution in [0.2, 0.25) is 5.02 Å². The smallest absolute Gasteiger partial charge is 0.305 e. The summed E-state index contributed by atoms with van der Waals surface area (Å²) in [7, 11) is 0. The van der Waals surface area contributed by atoms with Crippen molar-refractivity contribution in [3.05, 3.63) is 61.7 Å². The molecule has 2 aromatic carbocycles. The summed E-state index contributed by atoms with van der Waals surface area (Å²) in [6.07, 6.45) is 3.47. The van der Waals surface area contributed by atoms with Gasteiger partial charge in [0.1, 0.15) is 17.3 Å². The van der Waals surface area contributed by atoms with Crippen molar-refractivity contribution in [2.45, 2.75) is 64.1 Å². The van der Waals surface area contributed by atoms with Gasteiger partial charge in [0.25, 0.3) is 0 Å². The van der Waals surface area contributed by atoms with Gasteiger partial charge in [-0.05, 0) is 74.9 Å². The Hall–Kier alpha value is -2.98. The summed E-state index contributed by atoms with van der Waals surface area (Å²) in [6.45, 7) is 11.8. The molecule has 0 saturated carbocycles. The molecule has 0 bridgehead atoms. The fourth-order valence-corrected chi connectivity index (χ4v) is 9.28. The number of halogens is 1. The first kappa shape index (κ1) is 39.7. The highest BCUT2D eigenvalue weighted by molar-refractivity contribution is 8.14. The largest absolute Gasteiger partial charge is 0.506 e. The normalized spacial score (nSPS) is 18.9. The summed E-state index contributed by atoms with van der Waals surface area (Å²) in [6, 6.07) is 9.41. The molecule has 3 aromatic rings. The molecule has 0 aliphatic carbocycles. The van der Waals surface area contributed by atoms with Crippen LogP contribution in [-0.4, -0.2) is 131 Å². The standard InChI is InChI=1S/C38H51ClN6O6S2/c1-3-44(17-14-40-13-8-28-5-7-32(46)34-35(28)53-37(49)42-34)33(47)10-20-50-19-9-29-22-27(4-6-30(29)39)23-43-15-11-38(12-16-43)25-45(18-21-51-38)36(48)31-24-52-26(2)41-31/h4-7,22,31,40,46H,3,8-21,23-25H2,1-2H3,(H,42,49). The van der Waals surface area contributed by atoms with E-state index in [1.54, 1.807) is 17.8 Å². The van der Waals surface area contributed by atoms with Gasteiger partial charge in [-0.3, -0.25) is 24.3 Å². The van der Waals surface area contributed by atoms with Gasteiger partial charge in [0.05, 0.1) is 41.6 Å². The first-order chi connectivity index (χ1) is 25.6. The number of ether oxygens (including phenoxy) is 2. The number of hydrogen-bond acceptors (Lipinski definition) is 11. The van der Waals surface area contributed by atoms with Crippen molar-refractivity contribution >= 4 is 61.8 Å². The van der Waals surface area contributed by atoms with Crippen LogP contribution in [0, 0.1) is 0 Å². The third-order valence-electron chi connectivity index (χ3n) is 10.4. The molecule has 2 fully saturated rings. The van der Waals surface area contributed by atoms with Crippen LogP contribution in [0.4, 0.5) is 0 Å². The van der Waals surface area contributed by atoms with Crippen LogP contribution in [-0.2, 0) is 38.4 Å². The summed E-state index contributed by atoms with van der Waals surface area (Å²) in [4.78, 5) is 51.1. The lowest BCUT2D eigenvalue weighted by Crippen LogP contribution is -2.59. The minimum Gasteiger partial charge on any atom is -0.506 e. The van der Waals surface area contributed by atoms with Gasteiger partial charge < -0.3 is 34.7 Å². The summed E-state index contributed by atoms with van der Waals surface area (Å²) in [5.41, 5.74) is 3.46. The van der Waals surface area contributed by atoms with E-state index in [2.05, 4.69) is 32.3 Å². The van der Waals surface area contributed by atoms with Gasteiger partial charge in [-0.1, -0.05) is 41.1 Å². The Morgan fingerprint density at radius 3 is 2.75 bits per heavy atom. The summed E-state index contributed by atoms with van der Waals surface area (Å²) in [5.74, 6) is 1.02. The van der Waals surface area contributed by atoms with Gasteiger partial charge in [-0.25, -0.2) is 0 Å². The molecule has 6 rings (SSSR count). The van der Waals surface area contributed by atoms with E-state index in [0.29, 0.717) is 83.9 Å². The van der Waals surface area contributed by atoms with Crippen molar-refractivity contribution in [1.82, 2.24) is 25.0 Å². The summed E-state index contributed by atoms with van der Waals surface area (Å²) >= 11 is 9.35. The van der Waals surface area contributed by atoms with Crippen LogP contribution in [0.3, 0.4) is 0 Å². The molecule has 1 spiro atoms. The average molecular weight is 787 g/mol. The molecule has 1 aromatic heterocycles. The molecule has 2 saturated heterocycles. The summed E-state index contributed by atoms with van der Waals surface area (Å²) < 4.78 is 13.0. The second-order valence-corrected chi connectivity index (χ2v) is 16.6. The van der Waals surface area contributed by atoms with Crippen molar-refractivity contribution in [1.29, 1.82) is 0 Å². The first-order valence-corrected chi connectivity index (χ1v) is 20.8. The number of carbonyl (C=O) groups is 2. The molecule has 1 unspecified atom stereocenters. The minimum atomic E-state index is -0.276. The lowest BCUT2D eigenvalue weighted by atomic mass is 9.89. The fourth-order valence-electron chi connectivity index (χ4n) is 7.35. The van der Waals surface area contributed by atoms with Crippen LogP contribution < -0.4 is 10.2 Å². The van der Waals surface area contributed by atoms with Crippen molar-refractivity contribution < 1.29 is 24.2 Å². The number of morpholine rings is 1. The highest BCUT2D eigenvalue weighted by Gasteiger charge is 2.42. The van der Waals surface area contributed by atoms with Crippen LogP contribution in [0.15, 0.2) is 40.1 Å². The molecular weight excluding hydrogens is 736 g/mol. The van der Waals surface area contributed by atoms with Crippen molar-refractivity contribution in [3.63, 3.8) is 0 Å². The van der Waals surface area contributed by atoms with Crippen molar-refractivity contribution in [2.24, 2.45) is 4.99 Å². The highest BCUT2D eigenvalue weighted by atomic mass is 35.5. The van der Waals surface area contributed by atoms with Gasteiger partial charge in [0, 0.05) is 63.1 Å². The lowest BCUT2D eigenvalue weighted by molar-refractivity contribution is -0.160. The molecule has 0 radical (unpaired) electrons. The fraction of sp³-hybridized carbons (Fsp3) is 0.579. The van der Waals surface area contributed by atoms with E-state index in [0.717, 1.165) is 75.5 Å². The van der Waals surface area contributed by atoms with Crippen molar-refractivity contribution in [2.75, 3.05) is 77.9 Å². The number of piperidine rings is 1. The predicted molar refractivity (Wildman–Crippen MR) is 213 cm³/mol. The molecule has 1 atom stereocenters. The Morgan fingerprint density at radius 2 is 1.98 bits per heavy atom. The number of benzene rings is 2. The maximum absolute atomic E-state index is 13.1. The van der Waals surface area contributed by atoms with E-state index in [-0.39, 0.29) is 34.1 Å². The molecule has 3 N–H and O–H groups in total. The van der Waals surface area contributed by atoms with E-state index in [1.807, 2.05) is 35.8 Å². The van der Waals surface area contributed by atoms with E-state index >= 15 is 0 Å². The van der Waals surface area contributed by atoms with Crippen LogP contribution in [0.25, 0.3) is 10.2 Å². The number of likely N-dealkylation sites (tertiary alicyclic amines) is 1. The Labute approximate surface area is 324 Å². The zero-order valence-electron chi connectivity index (χ0n) is 30.7. The van der Waals surface area contributed by atoms with Crippen LogP contribution in [0.5, 0.6) is 5.75 Å². The van der Waals surface area contributed by atoms with E-state index in [4.69, 9.17) is 21.1 Å². The summed E-state index contributed by atoms with van der Waals surface area (Å²) in [5, 5.41) is 15.1. The molecule has 15 heteroatoms. The third kappa shape index (κ3) is 10.4. The third-order valence-corrected chi connectivity index (χ3v) is 12.7. The molecule has 2 amide bonds. The molecule has 3 aliphatic rings. The number of phenolic OH excluding ortho intramolecular Hbond substituents is 1. The van der Waals surface area contributed by atoms with Gasteiger partial charge >= 0.3 is 4.87 Å². The highest BCUT2D eigenvalue weighted by Crippen LogP contribution is 2.32. The number of carbonyl (C=O) groups excluding carboxylic acids is 2. The number of aliphatic imine (C=N–C) groups is 1. The number of aromatic hydroxyl groups is 1. The minimum absolute atomic E-state index is 0.0603. The predicted octanol–water partition coefficient (Wildman–Crippen LogP) is 4.31. The Balaban J connectivity index is 0.869. The number of nitrogens with one attached hydrogen (secondary N) is 2. The topological polar surface area (TPSA) is 140 Å². The zero-order valence-corrected chi connectivity index (χ0v) is 33.1. The number of hydrogen-bond donors (Lipinski definition) is 3. The molecule has 12 nitrogen and oxygen atoms in total. The number of amides is 2. The zero-order chi connectivity index (χ0) is 37.4. The molecule has 288 valence electrons. The lowest BCUT2D eigenvalue weighted by Gasteiger charge is -2.47. The van der Waals surface area contributed by atoms with Crippen LogP contribution >= 0.6 is 34.7 Å². The second kappa shape index (κ2) is 18.6. The van der Waals surface area contributed by atoms with E-state index < -0.39 is 0 Å². The average Bonchev–Trinajstić information content (AvgIpc) is 3.78. The monoisotopic (exact) mass is 786 g/mol. The Kier molecular flexibility index (Phi) is 13.9. The van der Waals surface area contributed by atoms with Crippen molar-refractivity contribution in [3.8, 4) is 5.75 Å². The first-order valence-electron chi connectivity index (χ1n) is 18.6. The quantitative estimate of drug-likeness (QED) is 0.182. The van der Waals surface area contributed by atoms with Gasteiger partial charge in [0.2, 0.25) is 11.8 Å². The number of nitrogens with zero attached hydrogens (tertiary/aromatic N) is 4. The SMILES string of the molecule is CCN(CCNCCc1ccc(O)c2[nH]c(=O)sc12)C(=O)CCOCCc1cc(CN2CCC3(CC2)CN(C(=O)C2CSC(C)=N2)CCO3)ccc1Cl. The number of likely N-dealkylation sites (N-methyl/N-ethyl adjacent to an activating group) is 1. The van der Waals surface area contributed by atoms with Gasteiger partial charge in [-0.15, -0.1) is 11.8 Å². The number of fused-ring (bicyclic) bond motifs is 1. The van der Waals surface area contributed by atoms with E-state index in [9.17, 15) is 19.5 Å². The maximum Gasteiger partial charge on any atom is 0.305 e. The van der Waals surface area contributed by atoms with Gasteiger partial charge in [0.15, 0.2) is 0 Å². The Bertz CT molecular complexity index is 1830. The number of phenols is 1. The number of aromatic amines is 1. The Morgan fingerprint density at radius 1 is 1.15 bits per heavy atom. The van der Waals surface area contributed by atoms with Gasteiger partial charge in [-0.2, -0.15) is 0 Å². The molecule has 3 aliphatic heterocycles. The van der Waals surface area contributed by atoms with Crippen LogP contribution in [0.1, 0.15) is 49.8 Å². The molecule has 4 heterocycles. The molecule has 53 heavy (non-hydrogen) atoms. The number of aromatic nitrogens is 1. The number of thiazole rings is 1. The van der Waals surface area contributed by atoms with E-state index in [1.165, 1.54) is 5.56 Å². The second-order valence-electron chi connectivity index (χ2n) is 14.0. The number of H-pyrrole nitrogens is 1.